The van der Waals surface area contributed by atoms with Gasteiger partial charge in [0.05, 0.1) is 20.4 Å². The molecule has 0 aliphatic rings. The fourth-order valence-electron chi connectivity index (χ4n) is 1.78. The average molecular weight is 276 g/mol. The van der Waals surface area contributed by atoms with E-state index in [4.69, 9.17) is 14.0 Å². The number of hydrogen-bond donors (Lipinski definition) is 1. The molecule has 0 spiro atoms. The molecule has 0 unspecified atom stereocenters. The number of carbonyl (C=O) groups excluding carboxylic acids is 1. The first kappa shape index (κ1) is 13.9. The number of hydrogen-bond acceptors (Lipinski definition) is 5. The van der Waals surface area contributed by atoms with E-state index in [9.17, 15) is 4.79 Å². The molecule has 1 aromatic heterocycles. The van der Waals surface area contributed by atoms with E-state index in [2.05, 4.69) is 10.5 Å². The Kier molecular flexibility index (Phi) is 4.24. The number of rotatable bonds is 5. The largest absolute Gasteiger partial charge is 0.493 e. The molecule has 0 atom stereocenters. The summed E-state index contributed by atoms with van der Waals surface area (Å²) < 4.78 is 15.2. The molecule has 0 fully saturated rings. The molecule has 1 aromatic carbocycles. The molecule has 2 rings (SSSR count). The number of nitrogens with one attached hydrogen (secondary N) is 1. The van der Waals surface area contributed by atoms with Crippen molar-refractivity contribution in [1.82, 2.24) is 10.5 Å². The monoisotopic (exact) mass is 276 g/mol. The van der Waals surface area contributed by atoms with Crippen molar-refractivity contribution >= 4 is 5.91 Å². The van der Waals surface area contributed by atoms with Gasteiger partial charge in [-0.1, -0.05) is 11.2 Å². The molecule has 0 radical (unpaired) electrons. The summed E-state index contributed by atoms with van der Waals surface area (Å²) in [6.07, 6.45) is 1.40. The van der Waals surface area contributed by atoms with Crippen molar-refractivity contribution in [1.29, 1.82) is 0 Å². The van der Waals surface area contributed by atoms with Gasteiger partial charge in [-0.2, -0.15) is 0 Å². The van der Waals surface area contributed by atoms with Crippen LogP contribution in [0.1, 0.15) is 21.7 Å². The minimum Gasteiger partial charge on any atom is -0.493 e. The van der Waals surface area contributed by atoms with Gasteiger partial charge in [0.2, 0.25) is 0 Å². The number of aryl methyl sites for hydroxylation is 1. The average Bonchev–Trinajstić information content (AvgIpc) is 2.90. The third-order valence-electron chi connectivity index (χ3n) is 2.90. The summed E-state index contributed by atoms with van der Waals surface area (Å²) in [7, 11) is 3.15. The molecule has 0 saturated heterocycles. The summed E-state index contributed by atoms with van der Waals surface area (Å²) >= 11 is 0. The van der Waals surface area contributed by atoms with E-state index in [0.29, 0.717) is 29.4 Å². The smallest absolute Gasteiger partial charge is 0.256 e. The SMILES string of the molecule is COc1ccc(CNC(=O)c2cnoc2C)cc1OC. The van der Waals surface area contributed by atoms with Gasteiger partial charge in [0.25, 0.3) is 5.91 Å². The van der Waals surface area contributed by atoms with E-state index >= 15 is 0 Å². The number of methoxy groups -OCH3 is 2. The highest BCUT2D eigenvalue weighted by atomic mass is 16.5. The van der Waals surface area contributed by atoms with Gasteiger partial charge in [-0.15, -0.1) is 0 Å². The number of amides is 1. The van der Waals surface area contributed by atoms with Gasteiger partial charge < -0.3 is 19.3 Å². The molecule has 6 heteroatoms. The Hall–Kier alpha value is -2.50. The minimum absolute atomic E-state index is 0.224. The molecule has 0 aliphatic heterocycles. The van der Waals surface area contributed by atoms with Crippen LogP contribution in [-0.4, -0.2) is 25.3 Å². The number of ether oxygens (including phenoxy) is 2. The lowest BCUT2D eigenvalue weighted by molar-refractivity contribution is 0.0949. The van der Waals surface area contributed by atoms with Gasteiger partial charge in [0, 0.05) is 6.54 Å². The van der Waals surface area contributed by atoms with Crippen molar-refractivity contribution in [3.63, 3.8) is 0 Å². The molecule has 20 heavy (non-hydrogen) atoms. The predicted octanol–water partition coefficient (Wildman–Crippen LogP) is 1.93. The highest BCUT2D eigenvalue weighted by molar-refractivity contribution is 5.94. The Labute approximate surface area is 116 Å². The van der Waals surface area contributed by atoms with Gasteiger partial charge in [-0.25, -0.2) is 0 Å². The van der Waals surface area contributed by atoms with Crippen LogP contribution in [-0.2, 0) is 6.54 Å². The standard InChI is InChI=1S/C14H16N2O4/c1-9-11(8-16-20-9)14(17)15-7-10-4-5-12(18-2)13(6-10)19-3/h4-6,8H,7H2,1-3H3,(H,15,17). The molecule has 2 aromatic rings. The summed E-state index contributed by atoms with van der Waals surface area (Å²) in [6, 6.07) is 5.48. The second-order valence-electron chi connectivity index (χ2n) is 4.17. The highest BCUT2D eigenvalue weighted by Crippen LogP contribution is 2.27. The van der Waals surface area contributed by atoms with Crippen LogP contribution in [0.15, 0.2) is 28.9 Å². The zero-order valence-electron chi connectivity index (χ0n) is 11.6. The van der Waals surface area contributed by atoms with Crippen molar-refractivity contribution in [2.45, 2.75) is 13.5 Å². The van der Waals surface area contributed by atoms with Crippen LogP contribution in [0.5, 0.6) is 11.5 Å². The maximum Gasteiger partial charge on any atom is 0.256 e. The highest BCUT2D eigenvalue weighted by Gasteiger charge is 2.12. The molecule has 1 heterocycles. The fourth-order valence-corrected chi connectivity index (χ4v) is 1.78. The van der Waals surface area contributed by atoms with Crippen LogP contribution in [0.3, 0.4) is 0 Å². The number of nitrogens with zero attached hydrogens (tertiary/aromatic N) is 1. The summed E-state index contributed by atoms with van der Waals surface area (Å²) in [4.78, 5) is 11.9. The minimum atomic E-state index is -0.224. The van der Waals surface area contributed by atoms with Crippen molar-refractivity contribution in [2.24, 2.45) is 0 Å². The second kappa shape index (κ2) is 6.10. The van der Waals surface area contributed by atoms with Crippen LogP contribution < -0.4 is 14.8 Å². The van der Waals surface area contributed by atoms with Crippen molar-refractivity contribution in [3.8, 4) is 11.5 Å². The van der Waals surface area contributed by atoms with Gasteiger partial charge in [-0.3, -0.25) is 4.79 Å². The molecule has 6 nitrogen and oxygen atoms in total. The Morgan fingerprint density at radius 2 is 2.05 bits per heavy atom. The topological polar surface area (TPSA) is 73.6 Å². The van der Waals surface area contributed by atoms with E-state index in [-0.39, 0.29) is 5.91 Å². The van der Waals surface area contributed by atoms with E-state index in [1.54, 1.807) is 27.2 Å². The normalized spacial score (nSPS) is 10.2. The summed E-state index contributed by atoms with van der Waals surface area (Å²) in [6.45, 7) is 2.07. The van der Waals surface area contributed by atoms with Crippen LogP contribution in [0.4, 0.5) is 0 Å². The quantitative estimate of drug-likeness (QED) is 0.903. The van der Waals surface area contributed by atoms with Crippen molar-refractivity contribution in [2.75, 3.05) is 14.2 Å². The Balaban J connectivity index is 2.04. The van der Waals surface area contributed by atoms with E-state index in [1.807, 2.05) is 12.1 Å². The molecule has 1 N–H and O–H groups in total. The molecular formula is C14H16N2O4. The van der Waals surface area contributed by atoms with Gasteiger partial charge in [0.15, 0.2) is 11.5 Å². The van der Waals surface area contributed by atoms with Crippen molar-refractivity contribution < 1.29 is 18.8 Å². The second-order valence-corrected chi connectivity index (χ2v) is 4.17. The van der Waals surface area contributed by atoms with Crippen LogP contribution in [0, 0.1) is 6.92 Å². The summed E-state index contributed by atoms with van der Waals surface area (Å²) in [5, 5.41) is 6.37. The maximum absolute atomic E-state index is 11.9. The number of benzene rings is 1. The Morgan fingerprint density at radius 1 is 1.30 bits per heavy atom. The van der Waals surface area contributed by atoms with Gasteiger partial charge >= 0.3 is 0 Å². The van der Waals surface area contributed by atoms with Gasteiger partial charge in [-0.05, 0) is 24.6 Å². The Bertz CT molecular complexity index is 607. The molecule has 1 amide bonds. The lowest BCUT2D eigenvalue weighted by Crippen LogP contribution is -2.23. The van der Waals surface area contributed by atoms with Gasteiger partial charge in [0.1, 0.15) is 11.3 Å². The zero-order chi connectivity index (χ0) is 14.5. The maximum atomic E-state index is 11.9. The number of carbonyl (C=O) groups is 1. The lowest BCUT2D eigenvalue weighted by atomic mass is 10.2. The number of aromatic nitrogens is 1. The van der Waals surface area contributed by atoms with Crippen LogP contribution in [0.25, 0.3) is 0 Å². The molecule has 0 bridgehead atoms. The Morgan fingerprint density at radius 3 is 2.65 bits per heavy atom. The predicted molar refractivity (Wildman–Crippen MR) is 72.0 cm³/mol. The van der Waals surface area contributed by atoms with Crippen LogP contribution in [0.2, 0.25) is 0 Å². The summed E-state index contributed by atoms with van der Waals surface area (Å²) in [5.74, 6) is 1.55. The first-order chi connectivity index (χ1) is 9.65. The zero-order valence-corrected chi connectivity index (χ0v) is 11.6. The first-order valence-electron chi connectivity index (χ1n) is 6.06. The lowest BCUT2D eigenvalue weighted by Gasteiger charge is -2.10. The first-order valence-corrected chi connectivity index (χ1v) is 6.06. The third kappa shape index (κ3) is 2.90. The van der Waals surface area contributed by atoms with E-state index < -0.39 is 0 Å². The van der Waals surface area contributed by atoms with E-state index in [0.717, 1.165) is 5.56 Å². The summed E-state index contributed by atoms with van der Waals surface area (Å²) in [5.41, 5.74) is 1.34. The van der Waals surface area contributed by atoms with Crippen molar-refractivity contribution in [3.05, 3.63) is 41.3 Å². The fraction of sp³-hybridized carbons (Fsp3) is 0.286. The van der Waals surface area contributed by atoms with Crippen LogP contribution >= 0.6 is 0 Å². The molecule has 106 valence electrons. The molecule has 0 aliphatic carbocycles. The molecule has 0 saturated carbocycles. The van der Waals surface area contributed by atoms with E-state index in [1.165, 1.54) is 6.20 Å². The third-order valence-corrected chi connectivity index (χ3v) is 2.90. The molecular weight excluding hydrogens is 260 g/mol.